The highest BCUT2D eigenvalue weighted by molar-refractivity contribution is 5.62. The van der Waals surface area contributed by atoms with E-state index < -0.39 is 17.6 Å². The Morgan fingerprint density at radius 1 is 1.05 bits per heavy atom. The van der Waals surface area contributed by atoms with E-state index in [4.69, 9.17) is 0 Å². The molecule has 0 spiro atoms. The molecule has 0 saturated carbocycles. The van der Waals surface area contributed by atoms with Gasteiger partial charge in [0.15, 0.2) is 0 Å². The molecule has 7 heteroatoms. The van der Waals surface area contributed by atoms with Crippen LogP contribution >= 0.6 is 0 Å². The minimum atomic E-state index is -4.48. The summed E-state index contributed by atoms with van der Waals surface area (Å²) >= 11 is 0. The molecular formula is C14H13F4N3. The van der Waals surface area contributed by atoms with Crippen molar-refractivity contribution in [2.75, 3.05) is 17.7 Å². The molecule has 0 aliphatic rings. The van der Waals surface area contributed by atoms with E-state index in [1.165, 1.54) is 25.2 Å². The van der Waals surface area contributed by atoms with Crippen molar-refractivity contribution in [3.63, 3.8) is 0 Å². The summed E-state index contributed by atoms with van der Waals surface area (Å²) in [6.07, 6.45) is -4.48. The minimum Gasteiger partial charge on any atom is -0.373 e. The Morgan fingerprint density at radius 2 is 1.71 bits per heavy atom. The third-order valence-electron chi connectivity index (χ3n) is 2.87. The normalized spacial score (nSPS) is 11.3. The lowest BCUT2D eigenvalue weighted by Crippen LogP contribution is -2.08. The van der Waals surface area contributed by atoms with E-state index >= 15 is 0 Å². The number of benzene rings is 1. The molecule has 21 heavy (non-hydrogen) atoms. The van der Waals surface area contributed by atoms with Gasteiger partial charge in [-0.25, -0.2) is 9.37 Å². The highest BCUT2D eigenvalue weighted by atomic mass is 19.4. The number of halogens is 4. The van der Waals surface area contributed by atoms with Crippen LogP contribution in [-0.4, -0.2) is 12.0 Å². The van der Waals surface area contributed by atoms with Gasteiger partial charge in [0.25, 0.3) is 0 Å². The molecule has 0 saturated heterocycles. The average molecular weight is 299 g/mol. The molecule has 2 aromatic rings. The van der Waals surface area contributed by atoms with E-state index in [0.717, 1.165) is 12.1 Å². The molecule has 0 amide bonds. The van der Waals surface area contributed by atoms with Gasteiger partial charge in [-0.05, 0) is 36.8 Å². The number of hydrogen-bond acceptors (Lipinski definition) is 3. The van der Waals surface area contributed by atoms with Gasteiger partial charge >= 0.3 is 6.18 Å². The molecule has 1 aromatic heterocycles. The van der Waals surface area contributed by atoms with Crippen molar-refractivity contribution < 1.29 is 17.6 Å². The molecule has 0 unspecified atom stereocenters. The van der Waals surface area contributed by atoms with E-state index in [1.54, 1.807) is 6.92 Å². The van der Waals surface area contributed by atoms with E-state index in [2.05, 4.69) is 15.6 Å². The number of hydrogen-bond donors (Lipinski definition) is 2. The monoisotopic (exact) mass is 299 g/mol. The summed E-state index contributed by atoms with van der Waals surface area (Å²) in [6, 6.07) is 5.80. The Kier molecular flexibility index (Phi) is 4.02. The van der Waals surface area contributed by atoms with Crippen LogP contribution in [0.15, 0.2) is 30.3 Å². The maximum absolute atomic E-state index is 13.2. The molecule has 2 rings (SSSR count). The number of aromatic nitrogens is 1. The van der Waals surface area contributed by atoms with Crippen LogP contribution in [0.25, 0.3) is 0 Å². The molecule has 0 aliphatic heterocycles. The van der Waals surface area contributed by atoms with Crippen molar-refractivity contribution in [2.24, 2.45) is 0 Å². The Labute approximate surface area is 119 Å². The van der Waals surface area contributed by atoms with Crippen LogP contribution in [0.4, 0.5) is 34.9 Å². The zero-order valence-electron chi connectivity index (χ0n) is 11.3. The molecule has 3 nitrogen and oxygen atoms in total. The fraction of sp³-hybridized carbons (Fsp3) is 0.214. The lowest BCUT2D eigenvalue weighted by molar-refractivity contribution is -0.137. The first kappa shape index (κ1) is 15.1. The molecule has 0 atom stereocenters. The topological polar surface area (TPSA) is 37.0 Å². The minimum absolute atomic E-state index is 0.0112. The summed E-state index contributed by atoms with van der Waals surface area (Å²) in [4.78, 5) is 3.99. The number of nitrogens with one attached hydrogen (secondary N) is 2. The second-order valence-corrected chi connectivity index (χ2v) is 4.46. The van der Waals surface area contributed by atoms with Crippen LogP contribution in [0, 0.1) is 12.7 Å². The average Bonchev–Trinajstić information content (AvgIpc) is 2.41. The van der Waals surface area contributed by atoms with Crippen molar-refractivity contribution in [3.8, 4) is 0 Å². The summed E-state index contributed by atoms with van der Waals surface area (Å²) in [5.74, 6) is -0.423. The zero-order valence-corrected chi connectivity index (χ0v) is 11.3. The molecule has 0 aliphatic carbocycles. The quantitative estimate of drug-likeness (QED) is 0.828. The van der Waals surface area contributed by atoms with Gasteiger partial charge in [-0.15, -0.1) is 0 Å². The first-order valence-corrected chi connectivity index (χ1v) is 6.10. The predicted molar refractivity (Wildman–Crippen MR) is 73.2 cm³/mol. The van der Waals surface area contributed by atoms with Crippen molar-refractivity contribution in [1.82, 2.24) is 4.98 Å². The first-order chi connectivity index (χ1) is 9.79. The van der Waals surface area contributed by atoms with Gasteiger partial charge in [0.05, 0.1) is 5.56 Å². The smallest absolute Gasteiger partial charge is 0.373 e. The lowest BCUT2D eigenvalue weighted by atomic mass is 10.2. The first-order valence-electron chi connectivity index (χ1n) is 6.10. The van der Waals surface area contributed by atoms with Crippen molar-refractivity contribution >= 4 is 17.3 Å². The molecular weight excluding hydrogens is 286 g/mol. The fourth-order valence-corrected chi connectivity index (χ4v) is 1.75. The van der Waals surface area contributed by atoms with Gasteiger partial charge in [0.2, 0.25) is 0 Å². The fourth-order valence-electron chi connectivity index (χ4n) is 1.75. The van der Waals surface area contributed by atoms with Gasteiger partial charge in [0.1, 0.15) is 17.5 Å². The van der Waals surface area contributed by atoms with Gasteiger partial charge in [-0.1, -0.05) is 6.07 Å². The number of aryl methyl sites for hydroxylation is 1. The molecule has 0 fully saturated rings. The van der Waals surface area contributed by atoms with Gasteiger partial charge in [0, 0.05) is 12.7 Å². The summed E-state index contributed by atoms with van der Waals surface area (Å²) in [5.41, 5.74) is 0.226. The number of alkyl halides is 3. The Bertz CT molecular complexity index is 653. The second kappa shape index (κ2) is 5.59. The van der Waals surface area contributed by atoms with Crippen molar-refractivity contribution in [2.45, 2.75) is 13.1 Å². The molecule has 1 aromatic carbocycles. The summed E-state index contributed by atoms with van der Waals surface area (Å²) in [6.45, 7) is 1.72. The Hall–Kier alpha value is -2.31. The maximum Gasteiger partial charge on any atom is 0.416 e. The van der Waals surface area contributed by atoms with Crippen molar-refractivity contribution in [3.05, 3.63) is 47.3 Å². The van der Waals surface area contributed by atoms with Crippen LogP contribution in [0.5, 0.6) is 0 Å². The van der Waals surface area contributed by atoms with Crippen LogP contribution in [0.3, 0.4) is 0 Å². The summed E-state index contributed by atoms with van der Waals surface area (Å²) in [7, 11) is 1.47. The van der Waals surface area contributed by atoms with Crippen LogP contribution in [-0.2, 0) is 6.18 Å². The van der Waals surface area contributed by atoms with Gasteiger partial charge in [-0.3, -0.25) is 0 Å². The summed E-state index contributed by atoms with van der Waals surface area (Å²) < 4.78 is 51.7. The van der Waals surface area contributed by atoms with E-state index in [9.17, 15) is 17.6 Å². The Morgan fingerprint density at radius 3 is 2.33 bits per heavy atom. The highest BCUT2D eigenvalue weighted by Crippen LogP contribution is 2.33. The van der Waals surface area contributed by atoms with Gasteiger partial charge < -0.3 is 10.6 Å². The largest absolute Gasteiger partial charge is 0.416 e. The predicted octanol–water partition coefficient (Wildman–Crippen LogP) is 4.33. The maximum atomic E-state index is 13.2. The van der Waals surface area contributed by atoms with Gasteiger partial charge in [-0.2, -0.15) is 13.2 Å². The molecule has 1 heterocycles. The van der Waals surface area contributed by atoms with Crippen LogP contribution in [0.2, 0.25) is 0 Å². The molecule has 112 valence electrons. The second-order valence-electron chi connectivity index (χ2n) is 4.46. The SMILES string of the molecule is CNc1cc(C(F)(F)F)cc(Nc2cc(F)ccc2C)n1. The molecule has 2 N–H and O–H groups in total. The lowest BCUT2D eigenvalue weighted by Gasteiger charge is -2.13. The number of pyridine rings is 1. The molecule has 0 bridgehead atoms. The highest BCUT2D eigenvalue weighted by Gasteiger charge is 2.31. The van der Waals surface area contributed by atoms with Crippen LogP contribution < -0.4 is 10.6 Å². The van der Waals surface area contributed by atoms with Crippen LogP contribution in [0.1, 0.15) is 11.1 Å². The summed E-state index contributed by atoms with van der Waals surface area (Å²) in [5, 5.41) is 5.28. The standard InChI is InChI=1S/C14H13F4N3/c1-8-3-4-10(15)7-11(8)20-13-6-9(14(16,17)18)5-12(19-2)21-13/h3-7H,1-2H3,(H2,19,20,21). The van der Waals surface area contributed by atoms with Crippen molar-refractivity contribution in [1.29, 1.82) is 0 Å². The number of nitrogens with zero attached hydrogens (tertiary/aromatic N) is 1. The third-order valence-corrected chi connectivity index (χ3v) is 2.87. The number of anilines is 3. The van der Waals surface area contributed by atoms with E-state index in [0.29, 0.717) is 11.3 Å². The third kappa shape index (κ3) is 3.62. The van der Waals surface area contributed by atoms with E-state index in [1.807, 2.05) is 0 Å². The zero-order chi connectivity index (χ0) is 15.6. The van der Waals surface area contributed by atoms with E-state index in [-0.39, 0.29) is 11.6 Å². The molecule has 0 radical (unpaired) electrons. The number of rotatable bonds is 3. The Balaban J connectivity index is 2.42.